The smallest absolute Gasteiger partial charge is 0.135 e. The maximum atomic E-state index is 9.97. The minimum Gasteiger partial charge on any atom is -0.393 e. The van der Waals surface area contributed by atoms with E-state index in [-0.39, 0.29) is 6.10 Å². The molecule has 3 rings (SSSR count). The molecule has 2 aliphatic carbocycles. The minimum atomic E-state index is -0.0892. The van der Waals surface area contributed by atoms with Gasteiger partial charge in [-0.25, -0.2) is 9.97 Å². The Morgan fingerprint density at radius 1 is 1.19 bits per heavy atom. The lowest BCUT2D eigenvalue weighted by Crippen LogP contribution is -2.24. The lowest BCUT2D eigenvalue weighted by molar-refractivity contribution is 0.0648. The number of aliphatic hydroxyl groups is 1. The number of hydrogen-bond donors (Lipinski definition) is 2. The van der Waals surface area contributed by atoms with Crippen LogP contribution < -0.4 is 5.32 Å². The summed E-state index contributed by atoms with van der Waals surface area (Å²) >= 11 is 6.05. The second kappa shape index (κ2) is 6.93. The number of anilines is 1. The molecule has 0 bridgehead atoms. The van der Waals surface area contributed by atoms with Crippen LogP contribution in [-0.4, -0.2) is 27.7 Å². The molecule has 0 saturated heterocycles. The molecule has 1 aromatic heterocycles. The molecule has 2 aliphatic rings. The van der Waals surface area contributed by atoms with Crippen molar-refractivity contribution in [2.24, 2.45) is 5.92 Å². The highest BCUT2D eigenvalue weighted by Crippen LogP contribution is 2.38. The highest BCUT2D eigenvalue weighted by atomic mass is 35.5. The molecular formula is C16H24ClN3O. The topological polar surface area (TPSA) is 58.0 Å². The lowest BCUT2D eigenvalue weighted by Gasteiger charge is -2.27. The summed E-state index contributed by atoms with van der Waals surface area (Å²) in [6, 6.07) is 1.79. The fourth-order valence-electron chi connectivity index (χ4n) is 3.16. The van der Waals surface area contributed by atoms with E-state index in [1.54, 1.807) is 6.07 Å². The molecule has 0 spiro atoms. The molecule has 2 saturated carbocycles. The zero-order chi connectivity index (χ0) is 14.7. The third-order valence-corrected chi connectivity index (χ3v) is 4.78. The summed E-state index contributed by atoms with van der Waals surface area (Å²) in [6.07, 6.45) is 9.01. The van der Waals surface area contributed by atoms with Crippen LogP contribution >= 0.6 is 11.6 Å². The Morgan fingerprint density at radius 2 is 2.00 bits per heavy atom. The van der Waals surface area contributed by atoms with Crippen molar-refractivity contribution in [1.82, 2.24) is 9.97 Å². The van der Waals surface area contributed by atoms with E-state index in [1.165, 1.54) is 32.1 Å². The van der Waals surface area contributed by atoms with Crippen LogP contribution in [0.2, 0.25) is 5.15 Å². The largest absolute Gasteiger partial charge is 0.393 e. The van der Waals surface area contributed by atoms with Crippen LogP contribution in [0.1, 0.15) is 63.1 Å². The van der Waals surface area contributed by atoms with E-state index in [0.29, 0.717) is 17.0 Å². The van der Waals surface area contributed by atoms with Gasteiger partial charge in [0.1, 0.15) is 16.8 Å². The maximum absolute atomic E-state index is 9.97. The Hall–Kier alpha value is -0.870. The number of halogens is 1. The summed E-state index contributed by atoms with van der Waals surface area (Å²) in [5, 5.41) is 13.8. The van der Waals surface area contributed by atoms with Crippen molar-refractivity contribution in [3.63, 3.8) is 0 Å². The van der Waals surface area contributed by atoms with Crippen molar-refractivity contribution >= 4 is 17.4 Å². The van der Waals surface area contributed by atoms with Gasteiger partial charge in [0.15, 0.2) is 0 Å². The van der Waals surface area contributed by atoms with Crippen LogP contribution in [0.4, 0.5) is 5.82 Å². The third kappa shape index (κ3) is 4.30. The van der Waals surface area contributed by atoms with Gasteiger partial charge in [-0.15, -0.1) is 0 Å². The molecular weight excluding hydrogens is 286 g/mol. The van der Waals surface area contributed by atoms with Gasteiger partial charge in [0.05, 0.1) is 6.10 Å². The molecule has 4 nitrogen and oxygen atoms in total. The summed E-state index contributed by atoms with van der Waals surface area (Å²) in [4.78, 5) is 8.83. The molecule has 116 valence electrons. The van der Waals surface area contributed by atoms with Crippen molar-refractivity contribution < 1.29 is 5.11 Å². The first kappa shape index (κ1) is 15.0. The van der Waals surface area contributed by atoms with Crippen LogP contribution in [0.25, 0.3) is 0 Å². The van der Waals surface area contributed by atoms with Crippen LogP contribution in [0, 0.1) is 5.92 Å². The van der Waals surface area contributed by atoms with Crippen LogP contribution in [0.5, 0.6) is 0 Å². The monoisotopic (exact) mass is 309 g/mol. The van der Waals surface area contributed by atoms with Crippen molar-refractivity contribution in [3.05, 3.63) is 17.0 Å². The predicted octanol–water partition coefficient (Wildman–Crippen LogP) is 3.75. The average molecular weight is 310 g/mol. The van der Waals surface area contributed by atoms with E-state index in [4.69, 9.17) is 11.6 Å². The van der Waals surface area contributed by atoms with E-state index < -0.39 is 0 Å². The van der Waals surface area contributed by atoms with Gasteiger partial charge in [-0.1, -0.05) is 24.4 Å². The van der Waals surface area contributed by atoms with Crippen molar-refractivity contribution in [2.45, 2.75) is 63.4 Å². The van der Waals surface area contributed by atoms with Gasteiger partial charge in [0.25, 0.3) is 0 Å². The van der Waals surface area contributed by atoms with Crippen molar-refractivity contribution in [1.29, 1.82) is 0 Å². The second-order valence-electron chi connectivity index (χ2n) is 6.39. The number of hydrogen-bond acceptors (Lipinski definition) is 4. The van der Waals surface area contributed by atoms with E-state index in [0.717, 1.165) is 37.4 Å². The van der Waals surface area contributed by atoms with Gasteiger partial charge in [-0.3, -0.25) is 0 Å². The Morgan fingerprint density at radius 3 is 2.76 bits per heavy atom. The average Bonchev–Trinajstić information content (AvgIpc) is 3.29. The zero-order valence-electron chi connectivity index (χ0n) is 12.4. The number of nitrogens with zero attached hydrogens (tertiary/aromatic N) is 2. The number of aliphatic hydroxyl groups excluding tert-OH is 1. The fraction of sp³-hybridized carbons (Fsp3) is 0.750. The summed E-state index contributed by atoms with van der Waals surface area (Å²) in [7, 11) is 0. The van der Waals surface area contributed by atoms with Crippen LogP contribution in [-0.2, 0) is 0 Å². The first-order valence-corrected chi connectivity index (χ1v) is 8.56. The maximum Gasteiger partial charge on any atom is 0.135 e. The molecule has 2 atom stereocenters. The first-order valence-electron chi connectivity index (χ1n) is 8.19. The van der Waals surface area contributed by atoms with E-state index in [9.17, 15) is 5.11 Å². The fourth-order valence-corrected chi connectivity index (χ4v) is 3.35. The van der Waals surface area contributed by atoms with Crippen LogP contribution in [0.15, 0.2) is 6.07 Å². The van der Waals surface area contributed by atoms with E-state index in [1.807, 2.05) is 0 Å². The Bertz CT molecular complexity index is 479. The normalized spacial score (nSPS) is 25.8. The van der Waals surface area contributed by atoms with Gasteiger partial charge in [-0.2, -0.15) is 0 Å². The highest BCUT2D eigenvalue weighted by Gasteiger charge is 2.27. The molecule has 0 radical (unpaired) electrons. The summed E-state index contributed by atoms with van der Waals surface area (Å²) < 4.78 is 0. The third-order valence-electron chi connectivity index (χ3n) is 4.58. The van der Waals surface area contributed by atoms with E-state index in [2.05, 4.69) is 15.3 Å². The number of aromatic nitrogens is 2. The van der Waals surface area contributed by atoms with E-state index >= 15 is 0 Å². The quantitative estimate of drug-likeness (QED) is 0.620. The minimum absolute atomic E-state index is 0.0892. The molecule has 0 aromatic carbocycles. The summed E-state index contributed by atoms with van der Waals surface area (Å²) in [5.41, 5.74) is 0. The summed E-state index contributed by atoms with van der Waals surface area (Å²) in [6.45, 7) is 0.876. The molecule has 21 heavy (non-hydrogen) atoms. The van der Waals surface area contributed by atoms with Crippen LogP contribution in [0.3, 0.4) is 0 Å². The van der Waals surface area contributed by atoms with Gasteiger partial charge < -0.3 is 10.4 Å². The number of rotatable bonds is 6. The Balaban J connectivity index is 1.44. The summed E-state index contributed by atoms with van der Waals surface area (Å²) in [5.74, 6) is 2.71. The van der Waals surface area contributed by atoms with Gasteiger partial charge in [0, 0.05) is 18.5 Å². The zero-order valence-corrected chi connectivity index (χ0v) is 13.1. The SMILES string of the molecule is OC1CCCCC1CCCNc1cc(Cl)nc(C2CC2)n1. The molecule has 2 unspecified atom stereocenters. The lowest BCUT2D eigenvalue weighted by atomic mass is 9.83. The standard InChI is InChI=1S/C16H24ClN3O/c17-14-10-15(20-16(19-14)12-7-8-12)18-9-3-5-11-4-1-2-6-13(11)21/h10-13,21H,1-9H2,(H,18,19,20). The molecule has 0 amide bonds. The van der Waals surface area contributed by atoms with Crippen molar-refractivity contribution in [3.8, 4) is 0 Å². The second-order valence-corrected chi connectivity index (χ2v) is 6.78. The highest BCUT2D eigenvalue weighted by molar-refractivity contribution is 6.29. The van der Waals surface area contributed by atoms with Gasteiger partial charge in [0.2, 0.25) is 0 Å². The predicted molar refractivity (Wildman–Crippen MR) is 84.7 cm³/mol. The number of nitrogens with one attached hydrogen (secondary N) is 1. The Labute approximate surface area is 131 Å². The molecule has 0 aliphatic heterocycles. The van der Waals surface area contributed by atoms with Crippen molar-refractivity contribution in [2.75, 3.05) is 11.9 Å². The van der Waals surface area contributed by atoms with Gasteiger partial charge in [-0.05, 0) is 44.4 Å². The Kier molecular flexibility index (Phi) is 4.96. The molecule has 5 heteroatoms. The van der Waals surface area contributed by atoms with Gasteiger partial charge >= 0.3 is 0 Å². The molecule has 2 N–H and O–H groups in total. The first-order chi connectivity index (χ1) is 10.2. The molecule has 2 fully saturated rings. The molecule has 1 heterocycles. The molecule has 1 aromatic rings.